The maximum absolute atomic E-state index is 13.0. The second-order valence-corrected chi connectivity index (χ2v) is 8.90. The maximum Gasteiger partial charge on any atom is 0.234 e. The van der Waals surface area contributed by atoms with Gasteiger partial charge in [-0.15, -0.1) is 0 Å². The molecule has 0 unspecified atom stereocenters. The Morgan fingerprint density at radius 2 is 1.72 bits per heavy atom. The van der Waals surface area contributed by atoms with Crippen molar-refractivity contribution in [1.29, 1.82) is 0 Å². The normalized spacial score (nSPS) is 17.7. The molecule has 1 aliphatic heterocycles. The summed E-state index contributed by atoms with van der Waals surface area (Å²) in [5.74, 6) is 1.50. The molecule has 8 nitrogen and oxygen atoms in total. The molecule has 2 N–H and O–H groups in total. The smallest absolute Gasteiger partial charge is 0.234 e. The number of fused-ring (bicyclic) bond motifs is 1. The molecule has 1 aromatic carbocycles. The third kappa shape index (κ3) is 5.00. The van der Waals surface area contributed by atoms with E-state index in [4.69, 9.17) is 9.78 Å². The summed E-state index contributed by atoms with van der Waals surface area (Å²) < 4.78 is 0. The van der Waals surface area contributed by atoms with E-state index in [1.165, 1.54) is 19.8 Å². The molecule has 32 heavy (non-hydrogen) atoms. The lowest BCUT2D eigenvalue weighted by Gasteiger charge is -2.34. The Morgan fingerprint density at radius 1 is 1.12 bits per heavy atom. The summed E-state index contributed by atoms with van der Waals surface area (Å²) in [5.41, 5.74) is 2.28. The van der Waals surface area contributed by atoms with E-state index in [1.807, 2.05) is 52.2 Å². The maximum atomic E-state index is 13.0. The third-order valence-corrected chi connectivity index (χ3v) is 6.03. The second-order valence-electron chi connectivity index (χ2n) is 8.90. The largest absolute Gasteiger partial charge is 0.388 e. The highest BCUT2D eigenvalue weighted by Gasteiger charge is 2.41. The van der Waals surface area contributed by atoms with E-state index in [2.05, 4.69) is 20.5 Å². The number of carbonyl (C=O) groups is 2. The average molecular weight is 439 g/mol. The van der Waals surface area contributed by atoms with Crippen molar-refractivity contribution in [2.75, 3.05) is 41.1 Å². The summed E-state index contributed by atoms with van der Waals surface area (Å²) in [6.45, 7) is 6.16. The van der Waals surface area contributed by atoms with Crippen molar-refractivity contribution in [2.24, 2.45) is 5.41 Å². The number of rotatable bonds is 4. The van der Waals surface area contributed by atoms with Crippen LogP contribution in [0.1, 0.15) is 46.5 Å². The number of benzene rings is 1. The topological polar surface area (TPSA) is 90.5 Å². The molecule has 1 aromatic heterocycles. The zero-order valence-electron chi connectivity index (χ0n) is 19.7. The van der Waals surface area contributed by atoms with Crippen molar-refractivity contribution in [2.45, 2.75) is 52.5 Å². The molecule has 2 aliphatic rings. The Labute approximate surface area is 190 Å². The van der Waals surface area contributed by atoms with Crippen LogP contribution in [0.4, 0.5) is 28.8 Å². The number of aldehydes is 1. The molecule has 1 fully saturated rings. The third-order valence-electron chi connectivity index (χ3n) is 6.03. The number of anilines is 5. The van der Waals surface area contributed by atoms with E-state index in [0.717, 1.165) is 42.0 Å². The minimum atomic E-state index is -0.478. The number of hydrogen-bond acceptors (Lipinski definition) is 7. The lowest BCUT2D eigenvalue weighted by Crippen LogP contribution is -2.45. The van der Waals surface area contributed by atoms with Gasteiger partial charge in [-0.2, -0.15) is 4.98 Å². The molecule has 2 aromatic rings. The van der Waals surface area contributed by atoms with Gasteiger partial charge < -0.3 is 25.2 Å². The van der Waals surface area contributed by atoms with Gasteiger partial charge in [0.2, 0.25) is 11.9 Å². The van der Waals surface area contributed by atoms with Crippen LogP contribution in [-0.4, -0.2) is 48.8 Å². The zero-order valence-corrected chi connectivity index (χ0v) is 19.7. The fourth-order valence-electron chi connectivity index (χ4n) is 4.37. The van der Waals surface area contributed by atoms with Crippen LogP contribution in [0.25, 0.3) is 0 Å². The summed E-state index contributed by atoms with van der Waals surface area (Å²) >= 11 is 0. The van der Waals surface area contributed by atoms with Gasteiger partial charge in [-0.1, -0.05) is 12.8 Å². The van der Waals surface area contributed by atoms with Gasteiger partial charge in [-0.05, 0) is 57.9 Å². The van der Waals surface area contributed by atoms with Crippen LogP contribution in [0.5, 0.6) is 0 Å². The number of aromatic nitrogens is 2. The van der Waals surface area contributed by atoms with Crippen LogP contribution in [0.2, 0.25) is 0 Å². The van der Waals surface area contributed by atoms with Crippen LogP contribution in [-0.2, 0) is 9.59 Å². The average Bonchev–Trinajstić information content (AvgIpc) is 3.30. The molecular weight excluding hydrogens is 404 g/mol. The summed E-state index contributed by atoms with van der Waals surface area (Å²) in [6.07, 6.45) is 7.27. The highest BCUT2D eigenvalue weighted by Crippen LogP contribution is 2.40. The Bertz CT molecular complexity index is 938. The Balaban J connectivity index is 0.000000913. The van der Waals surface area contributed by atoms with Gasteiger partial charge in [-0.25, -0.2) is 4.98 Å². The van der Waals surface area contributed by atoms with E-state index in [0.29, 0.717) is 18.5 Å². The molecule has 0 radical (unpaired) electrons. The highest BCUT2D eigenvalue weighted by atomic mass is 16.2. The minimum Gasteiger partial charge on any atom is -0.388 e. The van der Waals surface area contributed by atoms with Crippen LogP contribution in [0.3, 0.4) is 0 Å². The first-order chi connectivity index (χ1) is 15.3. The SMILES string of the molecule is CC=O.CNc1ccc(Nc2ncc3c(n2)N(C2CCCC2)CC(C)(C)C(=O)N3C)cc1. The van der Waals surface area contributed by atoms with E-state index in [9.17, 15) is 4.79 Å². The first-order valence-corrected chi connectivity index (χ1v) is 11.2. The number of hydrogen-bond donors (Lipinski definition) is 2. The minimum absolute atomic E-state index is 0.103. The molecule has 1 amide bonds. The van der Waals surface area contributed by atoms with Gasteiger partial charge in [0.15, 0.2) is 5.82 Å². The van der Waals surface area contributed by atoms with Gasteiger partial charge in [0.25, 0.3) is 0 Å². The lowest BCUT2D eigenvalue weighted by atomic mass is 9.91. The van der Waals surface area contributed by atoms with Gasteiger partial charge in [0.05, 0.1) is 11.6 Å². The zero-order chi connectivity index (χ0) is 23.3. The summed E-state index contributed by atoms with van der Waals surface area (Å²) in [7, 11) is 3.73. The Morgan fingerprint density at radius 3 is 2.31 bits per heavy atom. The molecular formula is C24H34N6O2. The molecule has 0 bridgehead atoms. The number of carbonyl (C=O) groups excluding carboxylic acids is 2. The van der Waals surface area contributed by atoms with Crippen LogP contribution in [0, 0.1) is 5.41 Å². The van der Waals surface area contributed by atoms with Crippen LogP contribution in [0.15, 0.2) is 30.5 Å². The highest BCUT2D eigenvalue weighted by molar-refractivity contribution is 6.00. The van der Waals surface area contributed by atoms with E-state index in [-0.39, 0.29) is 5.91 Å². The molecule has 172 valence electrons. The Hall–Kier alpha value is -3.16. The second kappa shape index (κ2) is 9.97. The van der Waals surface area contributed by atoms with Gasteiger partial charge in [0.1, 0.15) is 12.0 Å². The van der Waals surface area contributed by atoms with Crippen molar-refractivity contribution in [3.05, 3.63) is 30.5 Å². The van der Waals surface area contributed by atoms with Crippen molar-refractivity contribution >= 4 is 41.0 Å². The molecule has 1 aliphatic carbocycles. The van der Waals surface area contributed by atoms with Crippen LogP contribution >= 0.6 is 0 Å². The molecule has 2 heterocycles. The molecule has 4 rings (SSSR count). The van der Waals surface area contributed by atoms with Gasteiger partial charge in [0, 0.05) is 38.1 Å². The van der Waals surface area contributed by atoms with E-state index in [1.54, 1.807) is 11.1 Å². The fourth-order valence-corrected chi connectivity index (χ4v) is 4.37. The Kier molecular flexibility index (Phi) is 7.33. The first-order valence-electron chi connectivity index (χ1n) is 11.2. The number of nitrogens with zero attached hydrogens (tertiary/aromatic N) is 4. The van der Waals surface area contributed by atoms with Crippen molar-refractivity contribution < 1.29 is 9.59 Å². The standard InChI is InChI=1S/C22H30N6O.C2H4O/c1-22(2)14-28(17-7-5-6-8-17)19-18(27(4)20(22)29)13-24-21(26-19)25-16-11-9-15(23-3)10-12-16;1-2-3/h9-13,17,23H,5-8,14H2,1-4H3,(H,24,25,26);2H,1H3. The molecule has 0 saturated heterocycles. The van der Waals surface area contributed by atoms with E-state index >= 15 is 0 Å². The number of nitrogens with one attached hydrogen (secondary N) is 2. The monoisotopic (exact) mass is 438 g/mol. The quantitative estimate of drug-likeness (QED) is 0.691. The predicted octanol–water partition coefficient (Wildman–Crippen LogP) is 4.22. The molecule has 8 heteroatoms. The summed E-state index contributed by atoms with van der Waals surface area (Å²) in [6, 6.07) is 8.42. The van der Waals surface area contributed by atoms with Crippen molar-refractivity contribution in [1.82, 2.24) is 9.97 Å². The van der Waals surface area contributed by atoms with Gasteiger partial charge in [-0.3, -0.25) is 4.79 Å². The van der Waals surface area contributed by atoms with Crippen LogP contribution < -0.4 is 20.4 Å². The molecule has 0 spiro atoms. The fraction of sp³-hybridized carbons (Fsp3) is 0.500. The molecule has 0 atom stereocenters. The number of amides is 1. The van der Waals surface area contributed by atoms with Gasteiger partial charge >= 0.3 is 0 Å². The predicted molar refractivity (Wildman–Crippen MR) is 130 cm³/mol. The van der Waals surface area contributed by atoms with E-state index < -0.39 is 5.41 Å². The van der Waals surface area contributed by atoms with Crippen molar-refractivity contribution in [3.63, 3.8) is 0 Å². The lowest BCUT2D eigenvalue weighted by molar-refractivity contribution is -0.125. The molecule has 1 saturated carbocycles. The first kappa shape index (κ1) is 23.5. The summed E-state index contributed by atoms with van der Waals surface area (Å²) in [4.78, 5) is 35.3. The summed E-state index contributed by atoms with van der Waals surface area (Å²) in [5, 5.41) is 6.42. The van der Waals surface area contributed by atoms with Crippen molar-refractivity contribution in [3.8, 4) is 0 Å².